The smallest absolute Gasteiger partial charge is 0.327 e. The Balaban J connectivity index is 2.50. The molecule has 0 radical (unpaired) electrons. The molecule has 1 aliphatic heterocycles. The molecule has 1 fully saturated rings. The van der Waals surface area contributed by atoms with Crippen LogP contribution in [0.5, 0.6) is 17.2 Å². The third-order valence-corrected chi connectivity index (χ3v) is 4.58. The molecule has 1 saturated heterocycles. The molecule has 9 heteroatoms. The summed E-state index contributed by atoms with van der Waals surface area (Å²) in [6.45, 7) is 2.86. The van der Waals surface area contributed by atoms with E-state index in [0.717, 1.165) is 19.4 Å². The molecule has 1 amide bonds. The fraction of sp³-hybridized carbons (Fsp3) is 0.588. The van der Waals surface area contributed by atoms with E-state index in [1.54, 1.807) is 0 Å². The first-order chi connectivity index (χ1) is 12.5. The predicted octanol–water partition coefficient (Wildman–Crippen LogP) is 1.88. The summed E-state index contributed by atoms with van der Waals surface area (Å²) in [7, 11) is 4.02. The number of methoxy groups -OCH3 is 3. The van der Waals surface area contributed by atoms with E-state index in [9.17, 15) is 14.9 Å². The number of nitrogens with zero attached hydrogens (tertiary/aromatic N) is 1. The average molecular weight is 367 g/mol. The van der Waals surface area contributed by atoms with E-state index in [0.29, 0.717) is 6.42 Å². The van der Waals surface area contributed by atoms with Gasteiger partial charge in [0.15, 0.2) is 17.1 Å². The lowest BCUT2D eigenvalue weighted by Gasteiger charge is -2.24. The van der Waals surface area contributed by atoms with Gasteiger partial charge >= 0.3 is 5.69 Å². The number of rotatable bonds is 8. The van der Waals surface area contributed by atoms with Crippen LogP contribution in [-0.2, 0) is 0 Å². The summed E-state index contributed by atoms with van der Waals surface area (Å²) in [6, 6.07) is 1.33. The third kappa shape index (κ3) is 3.82. The van der Waals surface area contributed by atoms with Crippen LogP contribution in [0, 0.1) is 10.1 Å². The molecule has 1 aliphatic rings. The molecule has 2 N–H and O–H groups in total. The monoisotopic (exact) mass is 367 g/mol. The number of ether oxygens (including phenoxy) is 3. The number of carbonyl (C=O) groups is 1. The molecule has 0 aromatic heterocycles. The van der Waals surface area contributed by atoms with Gasteiger partial charge in [0.05, 0.1) is 26.3 Å². The zero-order chi connectivity index (χ0) is 19.3. The molecule has 2 atom stereocenters. The fourth-order valence-corrected chi connectivity index (χ4v) is 3.29. The van der Waals surface area contributed by atoms with Gasteiger partial charge in [0, 0.05) is 18.2 Å². The van der Waals surface area contributed by atoms with E-state index in [1.807, 2.05) is 6.92 Å². The average Bonchev–Trinajstić information content (AvgIpc) is 3.18. The molecular weight excluding hydrogens is 342 g/mol. The van der Waals surface area contributed by atoms with Crippen molar-refractivity contribution < 1.29 is 23.9 Å². The van der Waals surface area contributed by atoms with E-state index in [1.165, 1.54) is 27.4 Å². The Morgan fingerprint density at radius 1 is 1.35 bits per heavy atom. The first-order valence-electron chi connectivity index (χ1n) is 8.50. The molecule has 26 heavy (non-hydrogen) atoms. The number of hydrogen-bond acceptors (Lipinski definition) is 7. The second kappa shape index (κ2) is 8.70. The summed E-state index contributed by atoms with van der Waals surface area (Å²) in [4.78, 5) is 24.0. The maximum Gasteiger partial charge on any atom is 0.327 e. The van der Waals surface area contributed by atoms with E-state index < -0.39 is 16.5 Å². The molecule has 1 aromatic carbocycles. The number of hydrogen-bond donors (Lipinski definition) is 2. The van der Waals surface area contributed by atoms with Crippen LogP contribution in [0.4, 0.5) is 5.69 Å². The normalized spacial score (nSPS) is 17.5. The van der Waals surface area contributed by atoms with Crippen LogP contribution >= 0.6 is 0 Å². The van der Waals surface area contributed by atoms with Gasteiger partial charge in [0.2, 0.25) is 5.75 Å². The number of nitro benzene ring substituents is 1. The SMILES string of the molecule is CCC(NC(=O)c1c(OC)c(OC)cc(OC)c1[N+](=O)[O-])C1CCCN1. The highest BCUT2D eigenvalue weighted by atomic mass is 16.6. The Morgan fingerprint density at radius 2 is 2.04 bits per heavy atom. The highest BCUT2D eigenvalue weighted by Crippen LogP contribution is 2.44. The molecule has 9 nitrogen and oxygen atoms in total. The minimum absolute atomic E-state index is 0.00624. The van der Waals surface area contributed by atoms with Crippen LogP contribution in [0.2, 0.25) is 0 Å². The van der Waals surface area contributed by atoms with Crippen molar-refractivity contribution in [1.29, 1.82) is 0 Å². The van der Waals surface area contributed by atoms with Crippen molar-refractivity contribution in [1.82, 2.24) is 10.6 Å². The molecule has 2 unspecified atom stereocenters. The summed E-state index contributed by atoms with van der Waals surface area (Å²) in [5.41, 5.74) is -0.651. The zero-order valence-electron chi connectivity index (χ0n) is 15.5. The van der Waals surface area contributed by atoms with Gasteiger partial charge < -0.3 is 24.8 Å². The molecular formula is C17H25N3O6. The largest absolute Gasteiger partial charge is 0.493 e. The second-order valence-corrected chi connectivity index (χ2v) is 5.99. The molecule has 0 saturated carbocycles. The van der Waals surface area contributed by atoms with Crippen molar-refractivity contribution in [2.24, 2.45) is 0 Å². The minimum atomic E-state index is -0.648. The lowest BCUT2D eigenvalue weighted by atomic mass is 10.0. The lowest BCUT2D eigenvalue weighted by molar-refractivity contribution is -0.386. The fourth-order valence-electron chi connectivity index (χ4n) is 3.29. The predicted molar refractivity (Wildman–Crippen MR) is 95.3 cm³/mol. The summed E-state index contributed by atoms with van der Waals surface area (Å²) in [5, 5.41) is 17.9. The van der Waals surface area contributed by atoms with Crippen molar-refractivity contribution in [3.8, 4) is 17.2 Å². The third-order valence-electron chi connectivity index (χ3n) is 4.58. The summed E-state index contributed by atoms with van der Waals surface area (Å²) in [5.74, 6) is -0.463. The molecule has 2 rings (SSSR count). The first kappa shape index (κ1) is 19.8. The zero-order valence-corrected chi connectivity index (χ0v) is 15.5. The quantitative estimate of drug-likeness (QED) is 0.533. The number of amides is 1. The Bertz CT molecular complexity index is 673. The van der Waals surface area contributed by atoms with Crippen molar-refractivity contribution in [3.63, 3.8) is 0 Å². The number of nitro groups is 1. The molecule has 0 bridgehead atoms. The van der Waals surface area contributed by atoms with Gasteiger partial charge in [-0.15, -0.1) is 0 Å². The van der Waals surface area contributed by atoms with E-state index in [4.69, 9.17) is 14.2 Å². The topological polar surface area (TPSA) is 112 Å². The van der Waals surface area contributed by atoms with E-state index in [-0.39, 0.29) is 34.9 Å². The minimum Gasteiger partial charge on any atom is -0.493 e. The van der Waals surface area contributed by atoms with Crippen molar-refractivity contribution in [2.45, 2.75) is 38.3 Å². The number of benzene rings is 1. The van der Waals surface area contributed by atoms with E-state index >= 15 is 0 Å². The Labute approximate surface area is 152 Å². The van der Waals surface area contributed by atoms with Gasteiger partial charge in [0.25, 0.3) is 5.91 Å². The molecule has 144 valence electrons. The lowest BCUT2D eigenvalue weighted by Crippen LogP contribution is -2.47. The summed E-state index contributed by atoms with van der Waals surface area (Å²) < 4.78 is 15.6. The summed E-state index contributed by atoms with van der Waals surface area (Å²) in [6.07, 6.45) is 2.67. The molecule has 1 aromatic rings. The van der Waals surface area contributed by atoms with Crippen LogP contribution in [0.3, 0.4) is 0 Å². The van der Waals surface area contributed by atoms with Gasteiger partial charge in [-0.2, -0.15) is 0 Å². The highest BCUT2D eigenvalue weighted by molar-refractivity contribution is 6.03. The first-order valence-corrected chi connectivity index (χ1v) is 8.50. The van der Waals surface area contributed by atoms with Gasteiger partial charge in [-0.25, -0.2) is 0 Å². The van der Waals surface area contributed by atoms with Crippen LogP contribution < -0.4 is 24.8 Å². The Hall–Kier alpha value is -2.55. The van der Waals surface area contributed by atoms with Gasteiger partial charge in [-0.1, -0.05) is 6.92 Å². The van der Waals surface area contributed by atoms with Gasteiger partial charge in [-0.05, 0) is 25.8 Å². The standard InChI is InChI=1S/C17H25N3O6/c1-5-10(11-7-6-8-18-11)19-17(21)14-15(20(22)23)12(24-2)9-13(25-3)16(14)26-4/h9-11,18H,5-8H2,1-4H3,(H,19,21). The summed E-state index contributed by atoms with van der Waals surface area (Å²) >= 11 is 0. The number of carbonyl (C=O) groups excluding carboxylic acids is 1. The van der Waals surface area contributed by atoms with Crippen LogP contribution in [0.25, 0.3) is 0 Å². The highest BCUT2D eigenvalue weighted by Gasteiger charge is 2.35. The van der Waals surface area contributed by atoms with Crippen LogP contribution in [0.15, 0.2) is 6.07 Å². The van der Waals surface area contributed by atoms with Gasteiger partial charge in [0.1, 0.15) is 0 Å². The molecule has 1 heterocycles. The molecule has 0 spiro atoms. The van der Waals surface area contributed by atoms with Crippen LogP contribution in [0.1, 0.15) is 36.5 Å². The van der Waals surface area contributed by atoms with Crippen LogP contribution in [-0.4, -0.2) is 50.8 Å². The molecule has 0 aliphatic carbocycles. The Morgan fingerprint density at radius 3 is 2.50 bits per heavy atom. The Kier molecular flexibility index (Phi) is 6.62. The maximum absolute atomic E-state index is 13.0. The van der Waals surface area contributed by atoms with E-state index in [2.05, 4.69) is 10.6 Å². The maximum atomic E-state index is 13.0. The van der Waals surface area contributed by atoms with Crippen molar-refractivity contribution >= 4 is 11.6 Å². The number of nitrogens with one attached hydrogen (secondary N) is 2. The van der Waals surface area contributed by atoms with Gasteiger partial charge in [-0.3, -0.25) is 14.9 Å². The van der Waals surface area contributed by atoms with Crippen molar-refractivity contribution in [2.75, 3.05) is 27.9 Å². The second-order valence-electron chi connectivity index (χ2n) is 5.99. The van der Waals surface area contributed by atoms with Crippen molar-refractivity contribution in [3.05, 3.63) is 21.7 Å².